The Morgan fingerprint density at radius 1 is 1.33 bits per heavy atom. The van der Waals surface area contributed by atoms with E-state index < -0.39 is 17.7 Å². The van der Waals surface area contributed by atoms with Gasteiger partial charge in [-0.1, -0.05) is 12.1 Å². The fourth-order valence-electron chi connectivity index (χ4n) is 2.60. The predicted molar refractivity (Wildman–Crippen MR) is 78.6 cm³/mol. The lowest BCUT2D eigenvalue weighted by Crippen LogP contribution is -2.42. The summed E-state index contributed by atoms with van der Waals surface area (Å²) in [6.07, 6.45) is 1.58. The molecule has 1 aliphatic rings. The SMILES string of the molecule is CC(C)(C)OC(=O)N[C@H]1CCc2c(cccc2C(=O)O)C1. The van der Waals surface area contributed by atoms with Crippen molar-refractivity contribution in [2.45, 2.75) is 51.7 Å². The highest BCUT2D eigenvalue weighted by Crippen LogP contribution is 2.25. The smallest absolute Gasteiger partial charge is 0.407 e. The first-order chi connectivity index (χ1) is 9.76. The monoisotopic (exact) mass is 291 g/mol. The van der Waals surface area contributed by atoms with Crippen molar-refractivity contribution < 1.29 is 19.4 Å². The number of alkyl carbamates (subject to hydrolysis) is 1. The average molecular weight is 291 g/mol. The number of fused-ring (bicyclic) bond motifs is 1. The molecule has 5 heteroatoms. The number of carboxylic acids is 1. The fourth-order valence-corrected chi connectivity index (χ4v) is 2.60. The van der Waals surface area contributed by atoms with Gasteiger partial charge in [-0.25, -0.2) is 9.59 Å². The maximum Gasteiger partial charge on any atom is 0.407 e. The van der Waals surface area contributed by atoms with Gasteiger partial charge < -0.3 is 15.2 Å². The van der Waals surface area contributed by atoms with Gasteiger partial charge in [0.2, 0.25) is 0 Å². The van der Waals surface area contributed by atoms with Gasteiger partial charge in [-0.2, -0.15) is 0 Å². The average Bonchev–Trinajstić information content (AvgIpc) is 2.35. The zero-order valence-corrected chi connectivity index (χ0v) is 12.6. The molecule has 2 N–H and O–H groups in total. The lowest BCUT2D eigenvalue weighted by atomic mass is 9.85. The van der Waals surface area contributed by atoms with Crippen molar-refractivity contribution >= 4 is 12.1 Å². The summed E-state index contributed by atoms with van der Waals surface area (Å²) in [4.78, 5) is 23.0. The molecule has 114 valence electrons. The molecule has 2 rings (SSSR count). The van der Waals surface area contributed by atoms with Crippen LogP contribution in [0.4, 0.5) is 4.79 Å². The Hall–Kier alpha value is -2.04. The predicted octanol–water partition coefficient (Wildman–Crippen LogP) is 2.77. The number of nitrogens with one attached hydrogen (secondary N) is 1. The molecule has 1 aromatic rings. The van der Waals surface area contributed by atoms with Crippen LogP contribution in [0.1, 0.15) is 48.7 Å². The molecule has 1 amide bonds. The van der Waals surface area contributed by atoms with Crippen molar-refractivity contribution in [3.05, 3.63) is 34.9 Å². The van der Waals surface area contributed by atoms with E-state index in [9.17, 15) is 14.7 Å². The van der Waals surface area contributed by atoms with E-state index in [0.29, 0.717) is 18.4 Å². The van der Waals surface area contributed by atoms with Crippen molar-refractivity contribution in [1.29, 1.82) is 0 Å². The molecule has 0 saturated carbocycles. The fraction of sp³-hybridized carbons (Fsp3) is 0.500. The second-order valence-electron chi connectivity index (χ2n) is 6.33. The van der Waals surface area contributed by atoms with Crippen LogP contribution in [0.3, 0.4) is 0 Å². The molecule has 0 unspecified atom stereocenters. The Bertz CT molecular complexity index is 560. The molecule has 0 spiro atoms. The van der Waals surface area contributed by atoms with E-state index in [-0.39, 0.29) is 6.04 Å². The maximum absolute atomic E-state index is 11.8. The first-order valence-corrected chi connectivity index (χ1v) is 7.10. The number of ether oxygens (including phenoxy) is 1. The largest absolute Gasteiger partial charge is 0.478 e. The van der Waals surface area contributed by atoms with Crippen LogP contribution >= 0.6 is 0 Å². The normalized spacial score (nSPS) is 17.8. The molecule has 0 aliphatic heterocycles. The van der Waals surface area contributed by atoms with Crippen LogP contribution in [0.15, 0.2) is 18.2 Å². The Labute approximate surface area is 124 Å². The number of benzene rings is 1. The molecule has 1 aliphatic carbocycles. The molecule has 0 saturated heterocycles. The van der Waals surface area contributed by atoms with Gasteiger partial charge in [-0.15, -0.1) is 0 Å². The van der Waals surface area contributed by atoms with Crippen molar-refractivity contribution in [2.24, 2.45) is 0 Å². The first-order valence-electron chi connectivity index (χ1n) is 7.10. The molecular weight excluding hydrogens is 270 g/mol. The molecule has 1 atom stereocenters. The van der Waals surface area contributed by atoms with E-state index in [1.165, 1.54) is 0 Å². The minimum Gasteiger partial charge on any atom is -0.478 e. The van der Waals surface area contributed by atoms with Gasteiger partial charge in [-0.05, 0) is 57.2 Å². The molecule has 21 heavy (non-hydrogen) atoms. The highest BCUT2D eigenvalue weighted by atomic mass is 16.6. The lowest BCUT2D eigenvalue weighted by Gasteiger charge is -2.28. The van der Waals surface area contributed by atoms with E-state index in [2.05, 4.69) is 5.32 Å². The van der Waals surface area contributed by atoms with Crippen LogP contribution in [0.2, 0.25) is 0 Å². The van der Waals surface area contributed by atoms with Gasteiger partial charge in [0.25, 0.3) is 0 Å². The summed E-state index contributed by atoms with van der Waals surface area (Å²) in [6, 6.07) is 5.28. The van der Waals surface area contributed by atoms with Crippen LogP contribution in [-0.4, -0.2) is 28.8 Å². The van der Waals surface area contributed by atoms with Crippen molar-refractivity contribution in [2.75, 3.05) is 0 Å². The number of carboxylic acid groups (broad SMARTS) is 1. The van der Waals surface area contributed by atoms with E-state index in [0.717, 1.165) is 17.5 Å². The van der Waals surface area contributed by atoms with Crippen LogP contribution in [0, 0.1) is 0 Å². The van der Waals surface area contributed by atoms with E-state index in [1.807, 2.05) is 26.8 Å². The minimum absolute atomic E-state index is 0.0172. The van der Waals surface area contributed by atoms with Gasteiger partial charge >= 0.3 is 12.1 Å². The molecule has 0 aromatic heterocycles. The van der Waals surface area contributed by atoms with Crippen LogP contribution in [-0.2, 0) is 17.6 Å². The van der Waals surface area contributed by atoms with Crippen LogP contribution in [0.5, 0.6) is 0 Å². The maximum atomic E-state index is 11.8. The van der Waals surface area contributed by atoms with Crippen LogP contribution in [0.25, 0.3) is 0 Å². The van der Waals surface area contributed by atoms with Gasteiger partial charge in [0, 0.05) is 6.04 Å². The Morgan fingerprint density at radius 3 is 2.67 bits per heavy atom. The van der Waals surface area contributed by atoms with E-state index in [1.54, 1.807) is 12.1 Å². The lowest BCUT2D eigenvalue weighted by molar-refractivity contribution is 0.0499. The number of aromatic carboxylic acids is 1. The molecule has 0 fully saturated rings. The number of hydrogen-bond acceptors (Lipinski definition) is 3. The number of rotatable bonds is 2. The number of amides is 1. The second-order valence-corrected chi connectivity index (χ2v) is 6.33. The topological polar surface area (TPSA) is 75.6 Å². The molecule has 5 nitrogen and oxygen atoms in total. The first kappa shape index (κ1) is 15.4. The summed E-state index contributed by atoms with van der Waals surface area (Å²) in [7, 11) is 0. The highest BCUT2D eigenvalue weighted by Gasteiger charge is 2.25. The summed E-state index contributed by atoms with van der Waals surface area (Å²) < 4.78 is 5.25. The summed E-state index contributed by atoms with van der Waals surface area (Å²) in [5, 5.41) is 12.0. The zero-order chi connectivity index (χ0) is 15.6. The third-order valence-corrected chi connectivity index (χ3v) is 3.43. The third kappa shape index (κ3) is 3.97. The molecule has 0 bridgehead atoms. The van der Waals surface area contributed by atoms with Gasteiger partial charge in [-0.3, -0.25) is 0 Å². The summed E-state index contributed by atoms with van der Waals surface area (Å²) in [6.45, 7) is 5.46. The third-order valence-electron chi connectivity index (χ3n) is 3.43. The number of hydrogen-bond donors (Lipinski definition) is 2. The van der Waals surface area contributed by atoms with Gasteiger partial charge in [0.1, 0.15) is 5.60 Å². The van der Waals surface area contributed by atoms with Crippen molar-refractivity contribution in [1.82, 2.24) is 5.32 Å². The van der Waals surface area contributed by atoms with Crippen LogP contribution < -0.4 is 5.32 Å². The van der Waals surface area contributed by atoms with Crippen molar-refractivity contribution in [3.63, 3.8) is 0 Å². The Morgan fingerprint density at radius 2 is 2.05 bits per heavy atom. The van der Waals surface area contributed by atoms with Crippen molar-refractivity contribution in [3.8, 4) is 0 Å². The highest BCUT2D eigenvalue weighted by molar-refractivity contribution is 5.90. The standard InChI is InChI=1S/C16H21NO4/c1-16(2,3)21-15(20)17-11-7-8-12-10(9-11)5-4-6-13(12)14(18)19/h4-6,11H,7-9H2,1-3H3,(H,17,20)(H,18,19)/t11-/m0/s1. The zero-order valence-electron chi connectivity index (χ0n) is 12.6. The summed E-state index contributed by atoms with van der Waals surface area (Å²) in [5.74, 6) is -0.898. The van der Waals surface area contributed by atoms with Gasteiger partial charge in [0.15, 0.2) is 0 Å². The molecule has 1 aromatic carbocycles. The minimum atomic E-state index is -0.898. The van der Waals surface area contributed by atoms with Gasteiger partial charge in [0.05, 0.1) is 5.56 Å². The van der Waals surface area contributed by atoms with E-state index >= 15 is 0 Å². The number of carbonyl (C=O) groups is 2. The summed E-state index contributed by atoms with van der Waals surface area (Å²) >= 11 is 0. The second kappa shape index (κ2) is 5.76. The molecule has 0 radical (unpaired) electrons. The number of carbonyl (C=O) groups excluding carboxylic acids is 1. The van der Waals surface area contributed by atoms with E-state index in [4.69, 9.17) is 4.74 Å². The quantitative estimate of drug-likeness (QED) is 0.878. The molecule has 0 heterocycles. The Kier molecular flexibility index (Phi) is 4.21. The Balaban J connectivity index is 2.05. The summed E-state index contributed by atoms with van der Waals surface area (Å²) in [5.41, 5.74) is 1.71. The molecular formula is C16H21NO4.